The van der Waals surface area contributed by atoms with Gasteiger partial charge in [-0.3, -0.25) is 9.88 Å². The predicted molar refractivity (Wildman–Crippen MR) is 157 cm³/mol. The lowest BCUT2D eigenvalue weighted by Crippen LogP contribution is -2.52. The topological polar surface area (TPSA) is 86.2 Å². The van der Waals surface area contributed by atoms with Crippen molar-refractivity contribution in [2.75, 3.05) is 29.9 Å². The second kappa shape index (κ2) is 11.2. The average molecular weight is 584 g/mol. The summed E-state index contributed by atoms with van der Waals surface area (Å²) < 4.78 is 5.01. The Kier molecular flexibility index (Phi) is 7.84. The van der Waals surface area contributed by atoms with Gasteiger partial charge >= 0.3 is 12.2 Å². The van der Waals surface area contributed by atoms with Gasteiger partial charge in [0.1, 0.15) is 5.75 Å². The van der Waals surface area contributed by atoms with E-state index in [0.29, 0.717) is 22.2 Å². The summed E-state index contributed by atoms with van der Waals surface area (Å²) in [6.07, 6.45) is 4.44. The summed E-state index contributed by atoms with van der Waals surface area (Å²) in [6, 6.07) is 14.0. The number of hydrogen-bond acceptors (Lipinski definition) is 5. The number of carboxylic acid groups (broad SMARTS) is 1. The predicted octanol–water partition coefficient (Wildman–Crippen LogP) is 7.40. The molecule has 1 atom stereocenters. The van der Waals surface area contributed by atoms with Gasteiger partial charge in [0.15, 0.2) is 0 Å². The van der Waals surface area contributed by atoms with Crippen molar-refractivity contribution in [3.63, 3.8) is 0 Å². The van der Waals surface area contributed by atoms with E-state index >= 15 is 0 Å². The third-order valence-corrected chi connectivity index (χ3v) is 8.56. The number of urea groups is 1. The second-order valence-electron chi connectivity index (χ2n) is 11.0. The lowest BCUT2D eigenvalue weighted by Gasteiger charge is -2.44. The number of hydrogen-bond donors (Lipinski definition) is 1. The third-order valence-electron chi connectivity index (χ3n) is 8.02. The third kappa shape index (κ3) is 5.56. The van der Waals surface area contributed by atoms with Crippen molar-refractivity contribution in [2.45, 2.75) is 50.6 Å². The summed E-state index contributed by atoms with van der Waals surface area (Å²) in [5, 5.41) is 10.1. The molecule has 2 aromatic carbocycles. The first-order valence-corrected chi connectivity index (χ1v) is 14.0. The van der Waals surface area contributed by atoms with Crippen LogP contribution in [0.2, 0.25) is 10.0 Å². The second-order valence-corrected chi connectivity index (χ2v) is 11.8. The highest BCUT2D eigenvalue weighted by Crippen LogP contribution is 2.50. The van der Waals surface area contributed by atoms with Crippen LogP contribution in [0.1, 0.15) is 50.3 Å². The number of carbonyl (C=O) groups excluding carboxylic acids is 1. The molecule has 8 nitrogen and oxygen atoms in total. The molecule has 5 rings (SSSR count). The van der Waals surface area contributed by atoms with Crippen LogP contribution < -0.4 is 14.5 Å². The Balaban J connectivity index is 1.51. The molecule has 0 radical (unpaired) electrons. The number of nitrogens with zero attached hydrogens (tertiary/aromatic N) is 4. The fourth-order valence-corrected chi connectivity index (χ4v) is 6.61. The molecule has 1 aliphatic heterocycles. The summed E-state index contributed by atoms with van der Waals surface area (Å²) in [5.74, 6) is 0.239. The van der Waals surface area contributed by atoms with Crippen LogP contribution in [-0.2, 0) is 5.41 Å². The Labute approximate surface area is 244 Å². The van der Waals surface area contributed by atoms with Gasteiger partial charge in [0.25, 0.3) is 0 Å². The number of aromatic nitrogens is 1. The number of amides is 2. The fourth-order valence-electron chi connectivity index (χ4n) is 6.08. The fraction of sp³-hybridized carbons (Fsp3) is 0.367. The van der Waals surface area contributed by atoms with E-state index in [1.54, 1.807) is 54.7 Å². The molecular formula is C30H32Cl2N4O4. The number of carbonyl (C=O) groups is 2. The minimum absolute atomic E-state index is 0.0464. The zero-order chi connectivity index (χ0) is 28.6. The molecule has 2 amide bonds. The molecule has 40 heavy (non-hydrogen) atoms. The number of piperidine rings is 1. The van der Waals surface area contributed by atoms with Crippen LogP contribution in [0, 0.1) is 0 Å². The number of anilines is 2. The first-order chi connectivity index (χ1) is 19.0. The Morgan fingerprint density at radius 1 is 1.05 bits per heavy atom. The van der Waals surface area contributed by atoms with Crippen molar-refractivity contribution in [2.24, 2.45) is 0 Å². The molecule has 10 heteroatoms. The van der Waals surface area contributed by atoms with E-state index in [-0.39, 0.29) is 29.3 Å². The first-order valence-electron chi connectivity index (χ1n) is 13.3. The molecule has 1 aromatic heterocycles. The van der Waals surface area contributed by atoms with Crippen molar-refractivity contribution < 1.29 is 19.4 Å². The van der Waals surface area contributed by atoms with Gasteiger partial charge in [-0.05, 0) is 78.3 Å². The zero-order valence-electron chi connectivity index (χ0n) is 22.7. The largest absolute Gasteiger partial charge is 0.511 e. The number of benzene rings is 2. The van der Waals surface area contributed by atoms with Crippen LogP contribution in [0.3, 0.4) is 0 Å². The number of halogens is 2. The van der Waals surface area contributed by atoms with Gasteiger partial charge in [0, 0.05) is 49.3 Å². The van der Waals surface area contributed by atoms with E-state index in [9.17, 15) is 14.7 Å². The van der Waals surface area contributed by atoms with Crippen LogP contribution in [0.25, 0.3) is 0 Å². The van der Waals surface area contributed by atoms with Gasteiger partial charge in [-0.2, -0.15) is 0 Å². The highest BCUT2D eigenvalue weighted by molar-refractivity contribution is 6.36. The van der Waals surface area contributed by atoms with Crippen molar-refractivity contribution in [1.82, 2.24) is 9.88 Å². The molecule has 1 aliphatic carbocycles. The number of fused-ring (bicyclic) bond motifs is 1. The molecule has 2 aliphatic rings. The van der Waals surface area contributed by atoms with Crippen molar-refractivity contribution in [1.29, 1.82) is 0 Å². The number of pyridine rings is 1. The molecule has 1 unspecified atom stereocenters. The smallest absolute Gasteiger partial charge is 0.449 e. The van der Waals surface area contributed by atoms with Crippen LogP contribution in [-0.4, -0.2) is 53.4 Å². The van der Waals surface area contributed by atoms with Gasteiger partial charge < -0.3 is 19.6 Å². The van der Waals surface area contributed by atoms with E-state index in [1.807, 2.05) is 23.1 Å². The zero-order valence-corrected chi connectivity index (χ0v) is 24.2. The van der Waals surface area contributed by atoms with Crippen molar-refractivity contribution in [3.05, 3.63) is 82.1 Å². The standard InChI is InChI=1S/C30H32Cl2N4O4/c1-30(2)18-27(23-17-22(40-29(38)39)5-6-24(23)30)36(28(37)34(3)26-7-4-19(31)16-25(26)32)21-10-14-35(15-11-21)20-8-12-33-13-9-20/h4-9,12-13,16-17,21,27H,10-11,14-15,18H2,1-3H3,(H,38,39). The van der Waals surface area contributed by atoms with Gasteiger partial charge in [-0.1, -0.05) is 43.1 Å². The van der Waals surface area contributed by atoms with E-state index in [0.717, 1.165) is 42.7 Å². The summed E-state index contributed by atoms with van der Waals surface area (Å²) in [7, 11) is 1.72. The summed E-state index contributed by atoms with van der Waals surface area (Å²) in [4.78, 5) is 35.7. The lowest BCUT2D eigenvalue weighted by molar-refractivity contribution is 0.129. The summed E-state index contributed by atoms with van der Waals surface area (Å²) in [5.41, 5.74) is 3.43. The van der Waals surface area contributed by atoms with Gasteiger partial charge in [0.05, 0.1) is 16.8 Å². The van der Waals surface area contributed by atoms with Gasteiger partial charge in [-0.15, -0.1) is 0 Å². The highest BCUT2D eigenvalue weighted by Gasteiger charge is 2.45. The molecule has 0 spiro atoms. The number of ether oxygens (including phenoxy) is 1. The minimum atomic E-state index is -1.37. The molecule has 0 bridgehead atoms. The maximum absolute atomic E-state index is 14.4. The van der Waals surface area contributed by atoms with Crippen LogP contribution in [0.4, 0.5) is 21.0 Å². The van der Waals surface area contributed by atoms with Crippen LogP contribution in [0.5, 0.6) is 5.75 Å². The Morgan fingerprint density at radius 2 is 1.75 bits per heavy atom. The SMILES string of the molecule is CN(C(=O)N(C1CCN(c2ccncc2)CC1)C1CC(C)(C)c2ccc(OC(=O)O)cc21)c1ccc(Cl)cc1Cl. The van der Waals surface area contributed by atoms with E-state index in [4.69, 9.17) is 27.9 Å². The molecule has 210 valence electrons. The average Bonchev–Trinajstić information content (AvgIpc) is 3.18. The molecular weight excluding hydrogens is 551 g/mol. The molecule has 3 aromatic rings. The Hall–Kier alpha value is -3.49. The number of rotatable bonds is 5. The lowest BCUT2D eigenvalue weighted by atomic mass is 9.86. The summed E-state index contributed by atoms with van der Waals surface area (Å²) >= 11 is 12.7. The first kappa shape index (κ1) is 28.1. The Morgan fingerprint density at radius 3 is 2.40 bits per heavy atom. The summed E-state index contributed by atoms with van der Waals surface area (Å²) in [6.45, 7) is 5.88. The maximum atomic E-state index is 14.4. The van der Waals surface area contributed by atoms with Crippen molar-refractivity contribution >= 4 is 46.8 Å². The maximum Gasteiger partial charge on any atom is 0.511 e. The molecule has 1 saturated heterocycles. The monoisotopic (exact) mass is 582 g/mol. The molecule has 2 heterocycles. The molecule has 1 N–H and O–H groups in total. The molecule has 0 saturated carbocycles. The van der Waals surface area contributed by atoms with Crippen molar-refractivity contribution in [3.8, 4) is 5.75 Å². The quantitative estimate of drug-likeness (QED) is 0.249. The van der Waals surface area contributed by atoms with Crippen LogP contribution >= 0.6 is 23.2 Å². The van der Waals surface area contributed by atoms with Gasteiger partial charge in [0.2, 0.25) is 0 Å². The minimum Gasteiger partial charge on any atom is -0.449 e. The molecule has 1 fully saturated rings. The van der Waals surface area contributed by atoms with E-state index < -0.39 is 6.16 Å². The van der Waals surface area contributed by atoms with E-state index in [2.05, 4.69) is 23.7 Å². The Bertz CT molecular complexity index is 1410. The normalized spacial score (nSPS) is 18.2. The van der Waals surface area contributed by atoms with Crippen LogP contribution in [0.15, 0.2) is 60.9 Å². The highest BCUT2D eigenvalue weighted by atomic mass is 35.5. The van der Waals surface area contributed by atoms with Gasteiger partial charge in [-0.25, -0.2) is 9.59 Å². The van der Waals surface area contributed by atoms with E-state index in [1.165, 1.54) is 0 Å².